The second kappa shape index (κ2) is 10.3. The molecule has 2 aliphatic rings. The van der Waals surface area contributed by atoms with E-state index in [0.29, 0.717) is 0 Å². The first-order valence-electron chi connectivity index (χ1n) is 17.6. The minimum atomic E-state index is -0.158. The Labute approximate surface area is 293 Å². The minimum Gasteiger partial charge on any atom is -0.456 e. The summed E-state index contributed by atoms with van der Waals surface area (Å²) in [7, 11) is 0. The van der Waals surface area contributed by atoms with Gasteiger partial charge in [0.25, 0.3) is 0 Å². The number of furan rings is 1. The fourth-order valence-corrected chi connectivity index (χ4v) is 8.99. The third-order valence-electron chi connectivity index (χ3n) is 11.5. The molecular weight excluding hydrogens is 607 g/mol. The molecule has 0 aliphatic heterocycles. The van der Waals surface area contributed by atoms with Crippen LogP contribution in [0.1, 0.15) is 49.9 Å². The summed E-state index contributed by atoms with van der Waals surface area (Å²) in [5.41, 5.74) is 18.3. The zero-order valence-electron chi connectivity index (χ0n) is 28.8. The molecule has 0 N–H and O–H groups in total. The van der Waals surface area contributed by atoms with E-state index in [9.17, 15) is 0 Å². The van der Waals surface area contributed by atoms with Crippen LogP contribution < -0.4 is 4.90 Å². The Morgan fingerprint density at radius 3 is 1.82 bits per heavy atom. The van der Waals surface area contributed by atoms with Crippen LogP contribution >= 0.6 is 0 Å². The van der Waals surface area contributed by atoms with E-state index in [1.807, 2.05) is 12.1 Å². The van der Waals surface area contributed by atoms with Gasteiger partial charge in [0, 0.05) is 33.0 Å². The molecule has 1 heterocycles. The van der Waals surface area contributed by atoms with Crippen LogP contribution in [0, 0.1) is 0 Å². The average molecular weight is 644 g/mol. The lowest BCUT2D eigenvalue weighted by atomic mass is 9.81. The molecule has 0 bridgehead atoms. The van der Waals surface area contributed by atoms with Crippen molar-refractivity contribution in [1.82, 2.24) is 0 Å². The smallest absolute Gasteiger partial charge is 0.135 e. The number of rotatable bonds is 4. The number of anilines is 3. The van der Waals surface area contributed by atoms with Crippen molar-refractivity contribution in [2.24, 2.45) is 0 Å². The van der Waals surface area contributed by atoms with Crippen molar-refractivity contribution in [1.29, 1.82) is 0 Å². The van der Waals surface area contributed by atoms with Gasteiger partial charge in [0.15, 0.2) is 0 Å². The highest BCUT2D eigenvalue weighted by Crippen LogP contribution is 2.55. The van der Waals surface area contributed by atoms with Crippen LogP contribution in [0.3, 0.4) is 0 Å². The molecule has 0 saturated carbocycles. The van der Waals surface area contributed by atoms with Crippen LogP contribution in [-0.2, 0) is 10.8 Å². The molecule has 10 rings (SSSR count). The van der Waals surface area contributed by atoms with Crippen LogP contribution in [0.4, 0.5) is 17.1 Å². The fraction of sp³-hybridized carbons (Fsp3) is 0.125. The van der Waals surface area contributed by atoms with Crippen molar-refractivity contribution in [2.45, 2.75) is 38.5 Å². The Hall–Kier alpha value is -5.86. The quantitative estimate of drug-likeness (QED) is 0.190. The van der Waals surface area contributed by atoms with E-state index in [4.69, 9.17) is 4.42 Å². The van der Waals surface area contributed by atoms with E-state index in [1.165, 1.54) is 61.3 Å². The zero-order valence-corrected chi connectivity index (χ0v) is 28.8. The van der Waals surface area contributed by atoms with E-state index < -0.39 is 0 Å². The first-order chi connectivity index (χ1) is 24.3. The monoisotopic (exact) mass is 643 g/mol. The van der Waals surface area contributed by atoms with Crippen LogP contribution in [-0.4, -0.2) is 0 Å². The summed E-state index contributed by atoms with van der Waals surface area (Å²) in [6.45, 7) is 9.45. The van der Waals surface area contributed by atoms with E-state index >= 15 is 0 Å². The molecule has 0 saturated heterocycles. The molecule has 0 spiro atoms. The first-order valence-corrected chi connectivity index (χ1v) is 17.6. The maximum Gasteiger partial charge on any atom is 0.135 e. The van der Waals surface area contributed by atoms with Crippen molar-refractivity contribution in [3.05, 3.63) is 174 Å². The van der Waals surface area contributed by atoms with Crippen LogP contribution in [0.25, 0.3) is 55.3 Å². The van der Waals surface area contributed by atoms with Gasteiger partial charge in [-0.2, -0.15) is 0 Å². The molecule has 50 heavy (non-hydrogen) atoms. The normalized spacial score (nSPS) is 14.7. The first kappa shape index (κ1) is 29.1. The number of fused-ring (bicyclic) bond motifs is 9. The maximum atomic E-state index is 6.13. The lowest BCUT2D eigenvalue weighted by molar-refractivity contribution is 0.660. The number of hydrogen-bond donors (Lipinski definition) is 0. The van der Waals surface area contributed by atoms with E-state index in [0.717, 1.165) is 33.3 Å². The van der Waals surface area contributed by atoms with E-state index in [1.54, 1.807) is 0 Å². The Balaban J connectivity index is 1.15. The SMILES string of the molecule is CC1(C)c2ccccc2-c2cc(N(c3ccc(-c4ccc5oc6ccccc6c5c4)cc3)c3cccc4c3C(C)(C)c3ccccc3-4)ccc21. The summed E-state index contributed by atoms with van der Waals surface area (Å²) < 4.78 is 6.13. The minimum absolute atomic E-state index is 0.0457. The van der Waals surface area contributed by atoms with E-state index in [-0.39, 0.29) is 10.8 Å². The summed E-state index contributed by atoms with van der Waals surface area (Å²) in [6.07, 6.45) is 0. The Morgan fingerprint density at radius 2 is 1.02 bits per heavy atom. The molecule has 0 amide bonds. The third-order valence-corrected chi connectivity index (χ3v) is 11.5. The summed E-state index contributed by atoms with van der Waals surface area (Å²) in [4.78, 5) is 2.48. The van der Waals surface area contributed by atoms with Crippen molar-refractivity contribution in [2.75, 3.05) is 4.90 Å². The van der Waals surface area contributed by atoms with Gasteiger partial charge in [0.2, 0.25) is 0 Å². The van der Waals surface area contributed by atoms with Crippen LogP contribution in [0.5, 0.6) is 0 Å². The highest BCUT2D eigenvalue weighted by Gasteiger charge is 2.39. The second-order valence-corrected chi connectivity index (χ2v) is 15.0. The molecule has 1 aromatic heterocycles. The Bertz CT molecular complexity index is 2650. The van der Waals surface area contributed by atoms with Crippen molar-refractivity contribution >= 4 is 39.0 Å². The number of para-hydroxylation sites is 1. The summed E-state index contributed by atoms with van der Waals surface area (Å²) >= 11 is 0. The third kappa shape index (κ3) is 4.02. The largest absolute Gasteiger partial charge is 0.456 e. The van der Waals surface area contributed by atoms with Gasteiger partial charge in [-0.3, -0.25) is 0 Å². The van der Waals surface area contributed by atoms with Gasteiger partial charge in [0.05, 0.1) is 5.69 Å². The summed E-state index contributed by atoms with van der Waals surface area (Å²) in [5, 5.41) is 2.29. The molecule has 0 radical (unpaired) electrons. The zero-order chi connectivity index (χ0) is 33.8. The molecule has 0 fully saturated rings. The molecule has 0 atom stereocenters. The summed E-state index contributed by atoms with van der Waals surface area (Å²) in [5.74, 6) is 0. The predicted molar refractivity (Wildman–Crippen MR) is 209 cm³/mol. The average Bonchev–Trinajstić information content (AvgIpc) is 3.72. The molecule has 2 nitrogen and oxygen atoms in total. The van der Waals surface area contributed by atoms with Crippen molar-refractivity contribution < 1.29 is 4.42 Å². The summed E-state index contributed by atoms with van der Waals surface area (Å²) in [6, 6.07) is 55.7. The molecule has 0 unspecified atom stereocenters. The highest BCUT2D eigenvalue weighted by molar-refractivity contribution is 6.06. The molecule has 8 aromatic rings. The predicted octanol–water partition coefficient (Wildman–Crippen LogP) is 13.3. The van der Waals surface area contributed by atoms with Gasteiger partial charge >= 0.3 is 0 Å². The molecule has 2 aliphatic carbocycles. The number of benzene rings is 7. The van der Waals surface area contributed by atoms with Crippen molar-refractivity contribution in [3.63, 3.8) is 0 Å². The molecular formula is C48H37NO. The molecule has 7 aromatic carbocycles. The lowest BCUT2D eigenvalue weighted by Gasteiger charge is -2.32. The second-order valence-electron chi connectivity index (χ2n) is 15.0. The van der Waals surface area contributed by atoms with Gasteiger partial charge in [-0.05, 0) is 104 Å². The van der Waals surface area contributed by atoms with Crippen molar-refractivity contribution in [3.8, 4) is 33.4 Å². The van der Waals surface area contributed by atoms with Crippen LogP contribution in [0.2, 0.25) is 0 Å². The topological polar surface area (TPSA) is 16.4 Å². The standard InChI is InChI=1S/C48H37NO/c1-47(2)40-16-8-6-13-35(40)38-29-33(25-26-42(38)47)49(43-18-11-15-37-34-12-5-9-17-41(34)48(3,4)46(37)43)32-23-20-30(21-24-32)31-22-27-45-39(28-31)36-14-7-10-19-44(36)50-45/h5-29H,1-4H3. The van der Waals surface area contributed by atoms with Gasteiger partial charge in [0.1, 0.15) is 11.2 Å². The maximum absolute atomic E-state index is 6.13. The van der Waals surface area contributed by atoms with Gasteiger partial charge < -0.3 is 9.32 Å². The molecule has 240 valence electrons. The Morgan fingerprint density at radius 1 is 0.420 bits per heavy atom. The Kier molecular flexibility index (Phi) is 6.01. The van der Waals surface area contributed by atoms with Gasteiger partial charge in [-0.25, -0.2) is 0 Å². The fourth-order valence-electron chi connectivity index (χ4n) is 8.99. The van der Waals surface area contributed by atoms with Gasteiger partial charge in [-0.15, -0.1) is 0 Å². The molecule has 2 heteroatoms. The van der Waals surface area contributed by atoms with Gasteiger partial charge in [-0.1, -0.05) is 131 Å². The lowest BCUT2D eigenvalue weighted by Crippen LogP contribution is -2.21. The highest BCUT2D eigenvalue weighted by atomic mass is 16.3. The number of nitrogens with zero attached hydrogens (tertiary/aromatic N) is 1. The number of hydrogen-bond acceptors (Lipinski definition) is 2. The van der Waals surface area contributed by atoms with Crippen LogP contribution in [0.15, 0.2) is 156 Å². The van der Waals surface area contributed by atoms with E-state index in [2.05, 4.69) is 172 Å².